The number of carboxylic acid groups (broad SMARTS) is 1. The molecule has 0 amide bonds. The molecule has 100 valence electrons. The topological polar surface area (TPSA) is 90.0 Å². The van der Waals surface area contributed by atoms with Crippen LogP contribution in [0, 0.1) is 0 Å². The zero-order chi connectivity index (χ0) is 13.1. The lowest BCUT2D eigenvalue weighted by atomic mass is 10.2. The SMILES string of the molecule is CNC(CN1CCN(S(C)(=O)=O)CC1)C(=O)O. The van der Waals surface area contributed by atoms with E-state index in [1.54, 1.807) is 7.05 Å². The highest BCUT2D eigenvalue weighted by Crippen LogP contribution is 2.06. The number of carbonyl (C=O) groups is 1. The van der Waals surface area contributed by atoms with Crippen LogP contribution in [0.25, 0.3) is 0 Å². The maximum absolute atomic E-state index is 11.3. The Hall–Kier alpha value is -0.700. The van der Waals surface area contributed by atoms with Gasteiger partial charge in [-0.2, -0.15) is 4.31 Å². The van der Waals surface area contributed by atoms with Crippen molar-refractivity contribution < 1.29 is 18.3 Å². The highest BCUT2D eigenvalue weighted by molar-refractivity contribution is 7.88. The van der Waals surface area contributed by atoms with Crippen molar-refractivity contribution in [2.24, 2.45) is 0 Å². The van der Waals surface area contributed by atoms with Gasteiger partial charge in [0.05, 0.1) is 6.26 Å². The molecule has 0 aromatic heterocycles. The van der Waals surface area contributed by atoms with E-state index in [1.165, 1.54) is 10.6 Å². The zero-order valence-corrected chi connectivity index (χ0v) is 10.9. The van der Waals surface area contributed by atoms with E-state index in [0.29, 0.717) is 32.7 Å². The molecule has 0 aromatic carbocycles. The van der Waals surface area contributed by atoms with Gasteiger partial charge in [-0.1, -0.05) is 0 Å². The Kier molecular flexibility index (Phi) is 4.87. The van der Waals surface area contributed by atoms with Gasteiger partial charge in [-0.05, 0) is 7.05 Å². The fraction of sp³-hybridized carbons (Fsp3) is 0.889. The minimum atomic E-state index is -3.12. The molecule has 0 bridgehead atoms. The normalized spacial score (nSPS) is 21.3. The van der Waals surface area contributed by atoms with Gasteiger partial charge in [0.15, 0.2) is 0 Å². The third-order valence-electron chi connectivity index (χ3n) is 2.89. The molecule has 1 heterocycles. The second kappa shape index (κ2) is 5.76. The van der Waals surface area contributed by atoms with Crippen LogP contribution in [-0.4, -0.2) is 80.8 Å². The standard InChI is InChI=1S/C9H19N3O4S/c1-10-8(9(13)14)7-11-3-5-12(6-4-11)17(2,15)16/h8,10H,3-7H2,1-2H3,(H,13,14). The Morgan fingerprint density at radius 3 is 2.24 bits per heavy atom. The molecule has 0 aliphatic carbocycles. The lowest BCUT2D eigenvalue weighted by molar-refractivity contribution is -0.139. The van der Waals surface area contributed by atoms with Crippen LogP contribution in [0.1, 0.15) is 0 Å². The summed E-state index contributed by atoms with van der Waals surface area (Å²) in [6.07, 6.45) is 1.19. The Morgan fingerprint density at radius 2 is 1.88 bits per heavy atom. The molecule has 0 radical (unpaired) electrons. The number of likely N-dealkylation sites (N-methyl/N-ethyl adjacent to an activating group) is 1. The average Bonchev–Trinajstić information content (AvgIpc) is 2.25. The third kappa shape index (κ3) is 4.23. The number of carboxylic acids is 1. The molecular weight excluding hydrogens is 246 g/mol. The summed E-state index contributed by atoms with van der Waals surface area (Å²) in [7, 11) is -1.52. The van der Waals surface area contributed by atoms with Crippen LogP contribution in [0.5, 0.6) is 0 Å². The summed E-state index contributed by atoms with van der Waals surface area (Å²) in [6.45, 7) is 2.38. The number of aliphatic carboxylic acids is 1. The quantitative estimate of drug-likeness (QED) is 0.612. The van der Waals surface area contributed by atoms with Gasteiger partial charge >= 0.3 is 5.97 Å². The molecule has 1 atom stereocenters. The molecule has 1 rings (SSSR count). The van der Waals surface area contributed by atoms with Crippen LogP contribution in [0.3, 0.4) is 0 Å². The predicted molar refractivity (Wildman–Crippen MR) is 63.3 cm³/mol. The molecule has 8 heteroatoms. The van der Waals surface area contributed by atoms with Gasteiger partial charge < -0.3 is 10.4 Å². The van der Waals surface area contributed by atoms with Gasteiger partial charge in [-0.15, -0.1) is 0 Å². The molecular formula is C9H19N3O4S. The second-order valence-electron chi connectivity index (χ2n) is 4.14. The van der Waals surface area contributed by atoms with E-state index in [1.807, 2.05) is 4.90 Å². The van der Waals surface area contributed by atoms with Crippen molar-refractivity contribution >= 4 is 16.0 Å². The molecule has 1 fully saturated rings. The first-order valence-corrected chi connectivity index (χ1v) is 7.27. The van der Waals surface area contributed by atoms with Crippen molar-refractivity contribution in [3.05, 3.63) is 0 Å². The molecule has 1 unspecified atom stereocenters. The van der Waals surface area contributed by atoms with E-state index in [0.717, 1.165) is 0 Å². The summed E-state index contributed by atoms with van der Waals surface area (Å²) < 4.78 is 24.0. The predicted octanol–water partition coefficient (Wildman–Crippen LogP) is -1.76. The first kappa shape index (κ1) is 14.4. The molecule has 17 heavy (non-hydrogen) atoms. The van der Waals surface area contributed by atoms with Crippen LogP contribution >= 0.6 is 0 Å². The van der Waals surface area contributed by atoms with Gasteiger partial charge in [-0.3, -0.25) is 9.69 Å². The number of sulfonamides is 1. The van der Waals surface area contributed by atoms with Crippen molar-refractivity contribution in [3.63, 3.8) is 0 Å². The minimum Gasteiger partial charge on any atom is -0.480 e. The van der Waals surface area contributed by atoms with Gasteiger partial charge in [-0.25, -0.2) is 8.42 Å². The highest BCUT2D eigenvalue weighted by atomic mass is 32.2. The molecule has 1 aliphatic rings. The van der Waals surface area contributed by atoms with E-state index < -0.39 is 22.0 Å². The lowest BCUT2D eigenvalue weighted by Crippen LogP contribution is -2.53. The number of nitrogens with one attached hydrogen (secondary N) is 1. The van der Waals surface area contributed by atoms with Gasteiger partial charge in [0.25, 0.3) is 0 Å². The number of nitrogens with zero attached hydrogens (tertiary/aromatic N) is 2. The Labute approximate surface area is 101 Å². The Bertz CT molecular complexity index is 362. The molecule has 2 N–H and O–H groups in total. The summed E-state index contributed by atoms with van der Waals surface area (Å²) >= 11 is 0. The molecule has 0 spiro atoms. The van der Waals surface area contributed by atoms with E-state index in [-0.39, 0.29) is 0 Å². The average molecular weight is 265 g/mol. The van der Waals surface area contributed by atoms with E-state index in [9.17, 15) is 13.2 Å². The number of hydrogen-bond donors (Lipinski definition) is 2. The lowest BCUT2D eigenvalue weighted by Gasteiger charge is -2.34. The Morgan fingerprint density at radius 1 is 1.35 bits per heavy atom. The van der Waals surface area contributed by atoms with Crippen LogP contribution in [-0.2, 0) is 14.8 Å². The molecule has 7 nitrogen and oxygen atoms in total. The van der Waals surface area contributed by atoms with Crippen LogP contribution in [0.2, 0.25) is 0 Å². The van der Waals surface area contributed by atoms with Crippen molar-refractivity contribution in [2.45, 2.75) is 6.04 Å². The first-order chi connectivity index (χ1) is 7.84. The highest BCUT2D eigenvalue weighted by Gasteiger charge is 2.26. The van der Waals surface area contributed by atoms with Crippen LogP contribution in [0.15, 0.2) is 0 Å². The maximum atomic E-state index is 11.3. The maximum Gasteiger partial charge on any atom is 0.322 e. The van der Waals surface area contributed by atoms with Gasteiger partial charge in [0, 0.05) is 32.7 Å². The molecule has 0 saturated carbocycles. The summed E-state index contributed by atoms with van der Waals surface area (Å²) in [5.74, 6) is -0.891. The Balaban J connectivity index is 2.45. The summed E-state index contributed by atoms with van der Waals surface area (Å²) in [5, 5.41) is 11.6. The third-order valence-corrected chi connectivity index (χ3v) is 4.19. The van der Waals surface area contributed by atoms with Crippen molar-refractivity contribution in [1.82, 2.24) is 14.5 Å². The van der Waals surface area contributed by atoms with E-state index in [2.05, 4.69) is 5.32 Å². The number of rotatable bonds is 5. The summed E-state index contributed by atoms with van der Waals surface area (Å²) in [4.78, 5) is 12.8. The van der Waals surface area contributed by atoms with E-state index >= 15 is 0 Å². The molecule has 0 aromatic rings. The zero-order valence-electron chi connectivity index (χ0n) is 10.1. The van der Waals surface area contributed by atoms with Crippen LogP contribution < -0.4 is 5.32 Å². The first-order valence-electron chi connectivity index (χ1n) is 5.42. The fourth-order valence-corrected chi connectivity index (χ4v) is 2.62. The second-order valence-corrected chi connectivity index (χ2v) is 6.12. The number of hydrogen-bond acceptors (Lipinski definition) is 5. The minimum absolute atomic E-state index is 0.392. The largest absolute Gasteiger partial charge is 0.480 e. The monoisotopic (exact) mass is 265 g/mol. The molecule has 1 saturated heterocycles. The number of piperazine rings is 1. The van der Waals surface area contributed by atoms with Gasteiger partial charge in [0.2, 0.25) is 10.0 Å². The fourth-order valence-electron chi connectivity index (χ4n) is 1.79. The summed E-state index contributed by atoms with van der Waals surface area (Å²) in [6, 6.07) is -0.611. The van der Waals surface area contributed by atoms with E-state index in [4.69, 9.17) is 5.11 Å². The van der Waals surface area contributed by atoms with Crippen molar-refractivity contribution in [1.29, 1.82) is 0 Å². The smallest absolute Gasteiger partial charge is 0.322 e. The van der Waals surface area contributed by atoms with Gasteiger partial charge in [0.1, 0.15) is 6.04 Å². The molecule has 1 aliphatic heterocycles. The summed E-state index contributed by atoms with van der Waals surface area (Å²) in [5.41, 5.74) is 0. The van der Waals surface area contributed by atoms with Crippen LogP contribution in [0.4, 0.5) is 0 Å². The van der Waals surface area contributed by atoms with Crippen molar-refractivity contribution in [3.8, 4) is 0 Å². The van der Waals surface area contributed by atoms with Crippen molar-refractivity contribution in [2.75, 3.05) is 46.0 Å².